The number of carbonyl (C=O) groups is 2. The van der Waals surface area contributed by atoms with Crippen molar-refractivity contribution in [3.8, 4) is 5.75 Å². The number of hydrogen-bond acceptors (Lipinski definition) is 5. The third kappa shape index (κ3) is 4.31. The van der Waals surface area contributed by atoms with Gasteiger partial charge < -0.3 is 25.0 Å². The molecule has 2 N–H and O–H groups in total. The first-order valence-corrected chi connectivity index (χ1v) is 7.92. The van der Waals surface area contributed by atoms with Crippen molar-refractivity contribution in [2.75, 3.05) is 39.0 Å². The molecule has 0 spiro atoms. The van der Waals surface area contributed by atoms with E-state index < -0.39 is 5.60 Å². The first-order chi connectivity index (χ1) is 11.2. The van der Waals surface area contributed by atoms with E-state index in [0.717, 1.165) is 0 Å². The van der Waals surface area contributed by atoms with Crippen LogP contribution in [0, 0.1) is 0 Å². The van der Waals surface area contributed by atoms with Crippen molar-refractivity contribution >= 4 is 17.7 Å². The van der Waals surface area contributed by atoms with Gasteiger partial charge in [0.1, 0.15) is 11.4 Å². The topological polar surface area (TPSA) is 85.1 Å². The molecule has 2 rings (SSSR count). The molecule has 1 aliphatic heterocycles. The number of piperazine rings is 1. The largest absolute Gasteiger partial charge is 0.495 e. The fraction of sp³-hybridized carbons (Fsp3) is 0.529. The van der Waals surface area contributed by atoms with Gasteiger partial charge >= 0.3 is 6.09 Å². The average Bonchev–Trinajstić information content (AvgIpc) is 2.52. The van der Waals surface area contributed by atoms with Gasteiger partial charge in [0.25, 0.3) is 5.91 Å². The van der Waals surface area contributed by atoms with Crippen LogP contribution in [0.15, 0.2) is 18.2 Å². The van der Waals surface area contributed by atoms with Crippen LogP contribution in [0.1, 0.15) is 31.1 Å². The molecule has 7 nitrogen and oxygen atoms in total. The lowest BCUT2D eigenvalue weighted by molar-refractivity contribution is 0.0141. The standard InChI is InChI=1S/C17H25N3O4/c1-17(2,3)24-16(22)20-9-7-19(8-10-20)15(21)12-5-6-14(23-4)13(18)11-12/h5-6,11H,7-10,18H2,1-4H3. The van der Waals surface area contributed by atoms with E-state index >= 15 is 0 Å². The number of benzene rings is 1. The van der Waals surface area contributed by atoms with Crippen LogP contribution < -0.4 is 10.5 Å². The summed E-state index contributed by atoms with van der Waals surface area (Å²) in [7, 11) is 1.53. The summed E-state index contributed by atoms with van der Waals surface area (Å²) in [6.07, 6.45) is -0.344. The van der Waals surface area contributed by atoms with Crippen LogP contribution in [0.5, 0.6) is 5.75 Å². The highest BCUT2D eigenvalue weighted by Gasteiger charge is 2.28. The fourth-order valence-corrected chi connectivity index (χ4v) is 2.47. The molecule has 24 heavy (non-hydrogen) atoms. The number of hydrogen-bond donors (Lipinski definition) is 1. The van der Waals surface area contributed by atoms with Crippen molar-refractivity contribution < 1.29 is 19.1 Å². The number of anilines is 1. The van der Waals surface area contributed by atoms with Crippen LogP contribution in [0.25, 0.3) is 0 Å². The molecule has 7 heteroatoms. The number of carbonyl (C=O) groups excluding carboxylic acids is 2. The fourth-order valence-electron chi connectivity index (χ4n) is 2.47. The lowest BCUT2D eigenvalue weighted by Gasteiger charge is -2.35. The van der Waals surface area contributed by atoms with E-state index in [1.165, 1.54) is 7.11 Å². The van der Waals surface area contributed by atoms with E-state index in [9.17, 15) is 9.59 Å². The van der Waals surface area contributed by atoms with Gasteiger partial charge in [0.2, 0.25) is 0 Å². The Hall–Kier alpha value is -2.44. The van der Waals surface area contributed by atoms with E-state index in [-0.39, 0.29) is 12.0 Å². The molecule has 1 saturated heterocycles. The third-order valence-corrected chi connectivity index (χ3v) is 3.70. The number of amides is 2. The summed E-state index contributed by atoms with van der Waals surface area (Å²) < 4.78 is 10.4. The zero-order chi connectivity index (χ0) is 17.9. The van der Waals surface area contributed by atoms with Crippen molar-refractivity contribution in [3.63, 3.8) is 0 Å². The lowest BCUT2D eigenvalue weighted by atomic mass is 10.1. The van der Waals surface area contributed by atoms with Crippen LogP contribution >= 0.6 is 0 Å². The first kappa shape index (κ1) is 17.9. The number of rotatable bonds is 2. The predicted octanol–water partition coefficient (Wildman–Crippen LogP) is 1.97. The van der Waals surface area contributed by atoms with Crippen LogP contribution in [-0.4, -0.2) is 60.7 Å². The number of nitrogens with zero attached hydrogens (tertiary/aromatic N) is 2. The molecule has 0 radical (unpaired) electrons. The van der Waals surface area contributed by atoms with Crippen LogP contribution in [-0.2, 0) is 4.74 Å². The quantitative estimate of drug-likeness (QED) is 0.835. The Labute approximate surface area is 142 Å². The summed E-state index contributed by atoms with van der Waals surface area (Å²) in [5.41, 5.74) is 6.27. The Morgan fingerprint density at radius 2 is 1.67 bits per heavy atom. The number of ether oxygens (including phenoxy) is 2. The van der Waals surface area contributed by atoms with Crippen molar-refractivity contribution in [1.29, 1.82) is 0 Å². The monoisotopic (exact) mass is 335 g/mol. The molecular weight excluding hydrogens is 310 g/mol. The third-order valence-electron chi connectivity index (χ3n) is 3.70. The molecule has 132 valence electrons. The van der Waals surface area contributed by atoms with E-state index in [1.54, 1.807) is 28.0 Å². The second kappa shape index (κ2) is 6.98. The van der Waals surface area contributed by atoms with Gasteiger partial charge in [-0.05, 0) is 39.0 Å². The maximum absolute atomic E-state index is 12.6. The zero-order valence-electron chi connectivity index (χ0n) is 14.7. The summed E-state index contributed by atoms with van der Waals surface area (Å²) in [5, 5.41) is 0. The smallest absolute Gasteiger partial charge is 0.410 e. The Bertz CT molecular complexity index is 617. The Balaban J connectivity index is 1.95. The van der Waals surface area contributed by atoms with Crippen LogP contribution in [0.2, 0.25) is 0 Å². The van der Waals surface area contributed by atoms with Crippen LogP contribution in [0.4, 0.5) is 10.5 Å². The molecular formula is C17H25N3O4. The molecule has 0 aromatic heterocycles. The SMILES string of the molecule is COc1ccc(C(=O)N2CCN(C(=O)OC(C)(C)C)CC2)cc1N. The Morgan fingerprint density at radius 3 is 2.17 bits per heavy atom. The number of methoxy groups -OCH3 is 1. The molecule has 0 bridgehead atoms. The number of nitrogen functional groups attached to an aromatic ring is 1. The molecule has 0 unspecified atom stereocenters. The molecule has 0 atom stereocenters. The van der Waals surface area contributed by atoms with Gasteiger partial charge in [0.15, 0.2) is 0 Å². The maximum Gasteiger partial charge on any atom is 0.410 e. The van der Waals surface area contributed by atoms with Crippen molar-refractivity contribution in [1.82, 2.24) is 9.80 Å². The minimum absolute atomic E-state index is 0.104. The molecule has 1 aromatic rings. The minimum atomic E-state index is -0.523. The molecule has 1 heterocycles. The maximum atomic E-state index is 12.6. The van der Waals surface area contributed by atoms with E-state index in [4.69, 9.17) is 15.2 Å². The molecule has 2 amide bonds. The molecule has 1 aliphatic rings. The Kier molecular flexibility index (Phi) is 5.21. The summed E-state index contributed by atoms with van der Waals surface area (Å²) in [6, 6.07) is 4.98. The second-order valence-electron chi connectivity index (χ2n) is 6.72. The average molecular weight is 335 g/mol. The summed E-state index contributed by atoms with van der Waals surface area (Å²) in [4.78, 5) is 27.9. The van der Waals surface area contributed by atoms with Gasteiger partial charge in [-0.2, -0.15) is 0 Å². The van der Waals surface area contributed by atoms with Crippen LogP contribution in [0.3, 0.4) is 0 Å². The van der Waals surface area contributed by atoms with E-state index in [1.807, 2.05) is 20.8 Å². The zero-order valence-corrected chi connectivity index (χ0v) is 14.7. The highest BCUT2D eigenvalue weighted by atomic mass is 16.6. The second-order valence-corrected chi connectivity index (χ2v) is 6.72. The van der Waals surface area contributed by atoms with Gasteiger partial charge in [-0.25, -0.2) is 4.79 Å². The van der Waals surface area contributed by atoms with Gasteiger partial charge in [-0.1, -0.05) is 0 Å². The summed E-state index contributed by atoms with van der Waals surface area (Å²) >= 11 is 0. The van der Waals surface area contributed by atoms with Gasteiger partial charge in [-0.15, -0.1) is 0 Å². The van der Waals surface area contributed by atoms with Gasteiger partial charge in [0.05, 0.1) is 12.8 Å². The Morgan fingerprint density at radius 1 is 1.08 bits per heavy atom. The van der Waals surface area contributed by atoms with E-state index in [0.29, 0.717) is 43.2 Å². The van der Waals surface area contributed by atoms with Gasteiger partial charge in [-0.3, -0.25) is 4.79 Å². The van der Waals surface area contributed by atoms with Crippen molar-refractivity contribution in [2.45, 2.75) is 26.4 Å². The normalized spacial score (nSPS) is 15.2. The highest BCUT2D eigenvalue weighted by Crippen LogP contribution is 2.23. The van der Waals surface area contributed by atoms with Gasteiger partial charge in [0, 0.05) is 31.7 Å². The number of nitrogens with two attached hydrogens (primary N) is 1. The predicted molar refractivity (Wildman–Crippen MR) is 91.1 cm³/mol. The molecule has 1 aromatic carbocycles. The molecule has 1 fully saturated rings. The highest BCUT2D eigenvalue weighted by molar-refractivity contribution is 5.95. The minimum Gasteiger partial charge on any atom is -0.495 e. The lowest BCUT2D eigenvalue weighted by Crippen LogP contribution is -2.51. The molecule has 0 aliphatic carbocycles. The first-order valence-electron chi connectivity index (χ1n) is 7.92. The van der Waals surface area contributed by atoms with Crippen molar-refractivity contribution in [2.24, 2.45) is 0 Å². The summed E-state index contributed by atoms with van der Waals surface area (Å²) in [5.74, 6) is 0.439. The summed E-state index contributed by atoms with van der Waals surface area (Å²) in [6.45, 7) is 7.32. The van der Waals surface area contributed by atoms with E-state index in [2.05, 4.69) is 0 Å². The van der Waals surface area contributed by atoms with Crippen molar-refractivity contribution in [3.05, 3.63) is 23.8 Å². The molecule has 0 saturated carbocycles.